The lowest BCUT2D eigenvalue weighted by atomic mass is 9.89. The van der Waals surface area contributed by atoms with E-state index in [0.717, 1.165) is 34.4 Å². The maximum Gasteiger partial charge on any atom is 0.254 e. The van der Waals surface area contributed by atoms with Gasteiger partial charge in [0, 0.05) is 55.4 Å². The number of rotatable bonds is 6. The Balaban J connectivity index is 1.27. The third kappa shape index (κ3) is 5.53. The Labute approximate surface area is 229 Å². The molecule has 2 N–H and O–H groups in total. The Hall–Kier alpha value is -4.13. The predicted octanol–water partition coefficient (Wildman–Crippen LogP) is 5.54. The summed E-state index contributed by atoms with van der Waals surface area (Å²) in [6.45, 7) is 3.00. The van der Waals surface area contributed by atoms with Gasteiger partial charge >= 0.3 is 0 Å². The molecule has 7 heteroatoms. The zero-order valence-electron chi connectivity index (χ0n) is 22.2. The van der Waals surface area contributed by atoms with Crippen LogP contribution in [0.5, 0.6) is 0 Å². The van der Waals surface area contributed by atoms with Gasteiger partial charge in [0.25, 0.3) is 11.8 Å². The van der Waals surface area contributed by atoms with Crippen LogP contribution in [-0.2, 0) is 13.1 Å². The fourth-order valence-corrected chi connectivity index (χ4v) is 6.00. The molecule has 7 nitrogen and oxygen atoms in total. The topological polar surface area (TPSA) is 81.3 Å². The van der Waals surface area contributed by atoms with Gasteiger partial charge in [-0.25, -0.2) is 4.98 Å². The van der Waals surface area contributed by atoms with Crippen LogP contribution in [0, 0.1) is 5.92 Å². The molecule has 0 saturated heterocycles. The summed E-state index contributed by atoms with van der Waals surface area (Å²) in [6, 6.07) is 19.8. The number of nitrogens with one attached hydrogen (secondary N) is 2. The van der Waals surface area contributed by atoms with E-state index in [4.69, 9.17) is 0 Å². The van der Waals surface area contributed by atoms with E-state index in [1.54, 1.807) is 6.20 Å². The van der Waals surface area contributed by atoms with Gasteiger partial charge in [-0.2, -0.15) is 0 Å². The van der Waals surface area contributed by atoms with Crippen molar-refractivity contribution in [3.8, 4) is 0 Å². The zero-order chi connectivity index (χ0) is 26.6. The van der Waals surface area contributed by atoms with Crippen LogP contribution < -0.4 is 10.2 Å². The highest BCUT2D eigenvalue weighted by atomic mass is 16.2. The van der Waals surface area contributed by atoms with Gasteiger partial charge in [-0.15, -0.1) is 0 Å². The average molecular weight is 522 g/mol. The number of H-pyrrole nitrogens is 1. The number of hydrogen-bond acceptors (Lipinski definition) is 4. The van der Waals surface area contributed by atoms with E-state index in [-0.39, 0.29) is 11.8 Å². The Kier molecular flexibility index (Phi) is 7.30. The summed E-state index contributed by atoms with van der Waals surface area (Å²) in [6.07, 6.45) is 9.79. The predicted molar refractivity (Wildman–Crippen MR) is 154 cm³/mol. The van der Waals surface area contributed by atoms with Crippen molar-refractivity contribution in [2.24, 2.45) is 5.92 Å². The molecule has 1 saturated carbocycles. The van der Waals surface area contributed by atoms with Crippen LogP contribution in [0.15, 0.2) is 73.1 Å². The van der Waals surface area contributed by atoms with Crippen LogP contribution >= 0.6 is 0 Å². The highest BCUT2D eigenvalue weighted by Gasteiger charge is 2.26. The minimum atomic E-state index is -0.0331. The lowest BCUT2D eigenvalue weighted by Crippen LogP contribution is -2.35. The molecule has 0 radical (unpaired) electrons. The van der Waals surface area contributed by atoms with Crippen molar-refractivity contribution in [1.29, 1.82) is 0 Å². The normalized spacial score (nSPS) is 16.1. The Morgan fingerprint density at radius 3 is 2.67 bits per heavy atom. The highest BCUT2D eigenvalue weighted by Crippen LogP contribution is 2.30. The van der Waals surface area contributed by atoms with E-state index < -0.39 is 0 Å². The number of aromatic amines is 1. The molecule has 1 aliphatic carbocycles. The summed E-state index contributed by atoms with van der Waals surface area (Å²) in [7, 11) is 0. The average Bonchev–Trinajstić information content (AvgIpc) is 3.43. The first-order chi connectivity index (χ1) is 19.2. The van der Waals surface area contributed by atoms with Crippen molar-refractivity contribution in [3.63, 3.8) is 0 Å². The number of nitrogens with zero attached hydrogens (tertiary/aromatic N) is 3. The molecule has 0 unspecified atom stereocenters. The lowest BCUT2D eigenvalue weighted by Gasteiger charge is -2.25. The van der Waals surface area contributed by atoms with Gasteiger partial charge in [-0.1, -0.05) is 61.7 Å². The van der Waals surface area contributed by atoms with Crippen LogP contribution in [0.2, 0.25) is 0 Å². The van der Waals surface area contributed by atoms with Crippen molar-refractivity contribution in [2.75, 3.05) is 24.5 Å². The Morgan fingerprint density at radius 2 is 1.82 bits per heavy atom. The van der Waals surface area contributed by atoms with Crippen molar-refractivity contribution in [1.82, 2.24) is 20.2 Å². The molecule has 4 aromatic rings. The summed E-state index contributed by atoms with van der Waals surface area (Å²) < 4.78 is 0. The van der Waals surface area contributed by atoms with Crippen LogP contribution in [0.1, 0.15) is 64.2 Å². The first kappa shape index (κ1) is 25.2. The molecule has 200 valence electrons. The number of imidazole rings is 1. The maximum atomic E-state index is 13.8. The second kappa shape index (κ2) is 11.3. The molecule has 6 rings (SSSR count). The number of benzene rings is 3. The molecular weight excluding hydrogens is 486 g/mol. The molecule has 0 spiro atoms. The Bertz CT molecular complexity index is 1450. The van der Waals surface area contributed by atoms with Gasteiger partial charge in [-0.05, 0) is 53.3 Å². The van der Waals surface area contributed by atoms with E-state index >= 15 is 0 Å². The second-order valence-corrected chi connectivity index (χ2v) is 10.8. The lowest BCUT2D eigenvalue weighted by molar-refractivity contribution is 0.0753. The molecule has 2 amide bonds. The molecule has 1 aromatic heterocycles. The SMILES string of the molecule is O=C(NCC1CCCCC1)c1ccc2c(c1)N(Cc1ncc[nH]1)CCN(C(=O)c1cccc3ccccc13)C2. The van der Waals surface area contributed by atoms with Gasteiger partial charge in [0.2, 0.25) is 0 Å². The number of amides is 2. The standard InChI is InChI=1S/C32H35N5O2/c38-31(35-20-23-7-2-1-3-8-23)25-13-14-26-21-37(18-17-36(29(26)19-25)22-30-33-15-16-34-30)32(39)28-12-6-10-24-9-4-5-11-27(24)28/h4-6,9-16,19,23H,1-3,7-8,17-18,20-22H2,(H,33,34)(H,35,38). The number of aromatic nitrogens is 2. The van der Waals surface area contributed by atoms with Gasteiger partial charge in [0.05, 0.1) is 6.54 Å². The van der Waals surface area contributed by atoms with E-state index in [1.807, 2.05) is 71.8 Å². The summed E-state index contributed by atoms with van der Waals surface area (Å²) in [5, 5.41) is 5.20. The molecule has 0 bridgehead atoms. The summed E-state index contributed by atoms with van der Waals surface area (Å²) in [4.78, 5) is 38.8. The van der Waals surface area contributed by atoms with Gasteiger partial charge < -0.3 is 20.1 Å². The highest BCUT2D eigenvalue weighted by molar-refractivity contribution is 6.07. The smallest absolute Gasteiger partial charge is 0.254 e. The number of fused-ring (bicyclic) bond motifs is 2. The molecule has 3 aromatic carbocycles. The number of carbonyl (C=O) groups excluding carboxylic acids is 2. The largest absolute Gasteiger partial charge is 0.362 e. The molecule has 1 aliphatic heterocycles. The van der Waals surface area contributed by atoms with E-state index in [9.17, 15) is 9.59 Å². The van der Waals surface area contributed by atoms with Crippen molar-refractivity contribution < 1.29 is 9.59 Å². The molecule has 0 atom stereocenters. The van der Waals surface area contributed by atoms with Gasteiger partial charge in [0.1, 0.15) is 5.82 Å². The van der Waals surface area contributed by atoms with Gasteiger partial charge in [-0.3, -0.25) is 9.59 Å². The fourth-order valence-electron chi connectivity index (χ4n) is 6.00. The monoisotopic (exact) mass is 521 g/mol. The minimum absolute atomic E-state index is 0.0203. The van der Waals surface area contributed by atoms with Crippen molar-refractivity contribution in [2.45, 2.75) is 45.2 Å². The molecule has 1 fully saturated rings. The maximum absolute atomic E-state index is 13.8. The van der Waals surface area contributed by atoms with Crippen LogP contribution in [-0.4, -0.2) is 46.3 Å². The fraction of sp³-hybridized carbons (Fsp3) is 0.344. The molecular formula is C32H35N5O2. The van der Waals surface area contributed by atoms with Gasteiger partial charge in [0.15, 0.2) is 0 Å². The molecule has 2 aliphatic rings. The van der Waals surface area contributed by atoms with Crippen molar-refractivity contribution in [3.05, 3.63) is 95.6 Å². The van der Waals surface area contributed by atoms with Crippen molar-refractivity contribution >= 4 is 28.3 Å². The molecule has 39 heavy (non-hydrogen) atoms. The number of anilines is 1. The second-order valence-electron chi connectivity index (χ2n) is 10.8. The quantitative estimate of drug-likeness (QED) is 0.349. The third-order valence-corrected chi connectivity index (χ3v) is 8.17. The molecule has 2 heterocycles. The van der Waals surface area contributed by atoms with Crippen LogP contribution in [0.3, 0.4) is 0 Å². The minimum Gasteiger partial charge on any atom is -0.362 e. The summed E-state index contributed by atoms with van der Waals surface area (Å²) in [5.41, 5.74) is 3.37. The van der Waals surface area contributed by atoms with Crippen LogP contribution in [0.4, 0.5) is 5.69 Å². The first-order valence-electron chi connectivity index (χ1n) is 14.1. The third-order valence-electron chi connectivity index (χ3n) is 8.17. The van der Waals surface area contributed by atoms with E-state index in [1.165, 1.54) is 32.1 Å². The van der Waals surface area contributed by atoms with Crippen LogP contribution in [0.25, 0.3) is 10.8 Å². The summed E-state index contributed by atoms with van der Waals surface area (Å²) in [5.74, 6) is 1.41. The first-order valence-corrected chi connectivity index (χ1v) is 14.1. The van der Waals surface area contributed by atoms with E-state index in [2.05, 4.69) is 20.2 Å². The summed E-state index contributed by atoms with van der Waals surface area (Å²) >= 11 is 0. The zero-order valence-corrected chi connectivity index (χ0v) is 22.2. The Morgan fingerprint density at radius 1 is 0.974 bits per heavy atom. The van der Waals surface area contributed by atoms with E-state index in [0.29, 0.717) is 43.2 Å². The number of hydrogen-bond donors (Lipinski definition) is 2. The number of carbonyl (C=O) groups is 2.